The molecule has 1 amide bonds. The van der Waals surface area contributed by atoms with E-state index in [1.54, 1.807) is 69.3 Å². The zero-order valence-electron chi connectivity index (χ0n) is 43.1. The van der Waals surface area contributed by atoms with E-state index in [1.807, 2.05) is 0 Å². The minimum absolute atomic E-state index is 0.00826. The maximum Gasteiger partial charge on any atom is 0.408 e. The average molecular weight is 1060 g/mol. The highest BCUT2D eigenvalue weighted by molar-refractivity contribution is 5.96. The maximum atomic E-state index is 16.0. The summed E-state index contributed by atoms with van der Waals surface area (Å²) in [6.07, 6.45) is -21.1. The molecule has 7 rings (SSSR count). The first-order chi connectivity index (χ1) is 35.1. The van der Waals surface area contributed by atoms with Crippen molar-refractivity contribution in [2.45, 2.75) is 171 Å². The van der Waals surface area contributed by atoms with E-state index in [9.17, 15) is 59.7 Å². The Kier molecular flexibility index (Phi) is 16.7. The van der Waals surface area contributed by atoms with Crippen molar-refractivity contribution in [2.75, 3.05) is 19.8 Å². The van der Waals surface area contributed by atoms with Crippen LogP contribution >= 0.6 is 0 Å². The van der Waals surface area contributed by atoms with Crippen LogP contribution in [0.2, 0.25) is 0 Å². The highest BCUT2D eigenvalue weighted by atomic mass is 16.7. The van der Waals surface area contributed by atoms with Gasteiger partial charge in [-0.15, -0.1) is 0 Å². The van der Waals surface area contributed by atoms with Gasteiger partial charge in [-0.25, -0.2) is 14.4 Å². The number of nitrogens with one attached hydrogen (secondary N) is 1. The minimum Gasteiger partial charge on any atom is -0.456 e. The number of aliphatic hydroxyl groups is 7. The van der Waals surface area contributed by atoms with Gasteiger partial charge < -0.3 is 79.0 Å². The summed E-state index contributed by atoms with van der Waals surface area (Å²) < 4.78 is 47.2. The molecule has 2 saturated carbocycles. The Bertz CT molecular complexity index is 2480. The van der Waals surface area contributed by atoms with Gasteiger partial charge in [0.15, 0.2) is 29.9 Å². The minimum atomic E-state index is -2.53. The molecule has 16 atom stereocenters. The number of carbonyl (C=O) groups excluding carboxylic acids is 6. The zero-order valence-corrected chi connectivity index (χ0v) is 43.1. The lowest BCUT2D eigenvalue weighted by Gasteiger charge is -2.67. The van der Waals surface area contributed by atoms with Crippen molar-refractivity contribution in [3.8, 4) is 0 Å². The Balaban J connectivity index is 1.33. The third-order valence-corrected chi connectivity index (χ3v) is 15.5. The lowest BCUT2D eigenvalue weighted by molar-refractivity contribution is -0.346. The standard InChI is InChI=1S/C53H69NO21/c1-26-30(70-46(65)38(60)36(28-16-11-9-12-17-28)54-48(66)75-49(3,4)5)23-53(67)44(73-45(64)29-18-13-10-14-19-29)42-51(8,32(57)22-33-52(42,25-69-33)74-27(2)56)43(63)41(35(26)50(53,6)7)72-34(58)20-15-21-68-47-40(62)39(61)37(59)31(24-55)71-47/h9-14,16-19,30-33,36-42,44,47,55,57,59-62,67H,15,20-25H2,1-8H3,(H,54,66)/t30-,31+,32-,33+,36-,37-,38+,39-,40+,41+,42-,44-,47?,51+,52-,53+/m0/s1. The summed E-state index contributed by atoms with van der Waals surface area (Å²) in [5.74, 6) is -6.88. The van der Waals surface area contributed by atoms with Crippen molar-refractivity contribution in [1.29, 1.82) is 0 Å². The van der Waals surface area contributed by atoms with Crippen LogP contribution < -0.4 is 5.32 Å². The lowest BCUT2D eigenvalue weighted by atomic mass is 9.44. The quantitative estimate of drug-likeness (QED) is 0.0541. The fraction of sp³-hybridized carbons (Fsp3) is 0.623. The summed E-state index contributed by atoms with van der Waals surface area (Å²) in [7, 11) is 0. The summed E-state index contributed by atoms with van der Waals surface area (Å²) in [5.41, 5.74) is -9.24. The molecule has 3 aliphatic carbocycles. The lowest BCUT2D eigenvalue weighted by Crippen LogP contribution is -2.82. The Hall–Kier alpha value is -5.40. The molecule has 2 saturated heterocycles. The monoisotopic (exact) mass is 1060 g/mol. The van der Waals surface area contributed by atoms with Gasteiger partial charge in [0.05, 0.1) is 48.9 Å². The summed E-state index contributed by atoms with van der Waals surface area (Å²) in [4.78, 5) is 85.6. The number of hydrogen-bond acceptors (Lipinski definition) is 21. The summed E-state index contributed by atoms with van der Waals surface area (Å²) in [6.45, 7) is 10.3. The van der Waals surface area contributed by atoms with Crippen LogP contribution in [0.25, 0.3) is 0 Å². The molecule has 8 N–H and O–H groups in total. The molecule has 2 bridgehead atoms. The van der Waals surface area contributed by atoms with Gasteiger partial charge in [-0.2, -0.15) is 0 Å². The normalized spacial score (nSPS) is 34.9. The largest absolute Gasteiger partial charge is 0.456 e. The van der Waals surface area contributed by atoms with Crippen LogP contribution in [0.1, 0.15) is 103 Å². The SMILES string of the molecule is CC(=O)O[C@@]12CO[C@@H]1C[C@H](O)[C@@]1(C)C(=O)[C@H](OC(=O)CCCOC3O[C@H](CO)[C@H](O)[C@H](O)[C@H]3O)C3=C(C)[C@@H](OC(=O)[C@H](O)[C@@H](NC(=O)OC(C)(C)C)c4ccccc4)C[C@@](O)([C@@H](OC(=O)c4ccccc4)[C@H]21)C3(C)C. The van der Waals surface area contributed by atoms with Crippen molar-refractivity contribution in [2.24, 2.45) is 16.7 Å². The number of hydrogen-bond donors (Lipinski definition) is 8. The molecule has 2 heterocycles. The molecule has 22 heteroatoms. The van der Waals surface area contributed by atoms with E-state index in [1.165, 1.54) is 39.8 Å². The second-order valence-electron chi connectivity index (χ2n) is 21.7. The number of ketones is 1. The fourth-order valence-corrected chi connectivity index (χ4v) is 11.4. The number of rotatable bonds is 15. The number of amides is 1. The molecule has 2 aromatic rings. The van der Waals surface area contributed by atoms with E-state index in [4.69, 9.17) is 37.9 Å². The first-order valence-electron chi connectivity index (χ1n) is 24.9. The van der Waals surface area contributed by atoms with Crippen molar-refractivity contribution in [3.05, 3.63) is 82.9 Å². The molecule has 2 aliphatic heterocycles. The second-order valence-corrected chi connectivity index (χ2v) is 21.7. The molecule has 412 valence electrons. The Morgan fingerprint density at radius 1 is 0.893 bits per heavy atom. The van der Waals surface area contributed by atoms with Crippen LogP contribution in [-0.4, -0.2) is 175 Å². The molecule has 0 aromatic heterocycles. The van der Waals surface area contributed by atoms with E-state index in [2.05, 4.69) is 5.32 Å². The van der Waals surface area contributed by atoms with Crippen LogP contribution in [0.5, 0.6) is 0 Å². The predicted octanol–water partition coefficient (Wildman–Crippen LogP) is 1.41. The van der Waals surface area contributed by atoms with Gasteiger partial charge in [0.25, 0.3) is 0 Å². The number of carbonyl (C=O) groups is 6. The van der Waals surface area contributed by atoms with Crippen LogP contribution in [-0.2, 0) is 57.1 Å². The van der Waals surface area contributed by atoms with Gasteiger partial charge >= 0.3 is 30.0 Å². The smallest absolute Gasteiger partial charge is 0.408 e. The Morgan fingerprint density at radius 3 is 2.12 bits per heavy atom. The van der Waals surface area contributed by atoms with E-state index < -0.39 is 169 Å². The van der Waals surface area contributed by atoms with Crippen LogP contribution in [0, 0.1) is 16.7 Å². The highest BCUT2D eigenvalue weighted by Crippen LogP contribution is 2.64. The molecule has 4 fully saturated rings. The highest BCUT2D eigenvalue weighted by Gasteiger charge is 2.78. The van der Waals surface area contributed by atoms with Crippen LogP contribution in [0.15, 0.2) is 71.8 Å². The molecule has 0 radical (unpaired) electrons. The number of benzene rings is 2. The zero-order chi connectivity index (χ0) is 55.2. The number of alkyl carbamates (subject to hydrolysis) is 1. The summed E-state index contributed by atoms with van der Waals surface area (Å²) in [6, 6.07) is 14.2. The molecule has 0 spiro atoms. The van der Waals surface area contributed by atoms with Gasteiger partial charge in [-0.3, -0.25) is 14.4 Å². The maximum absolute atomic E-state index is 16.0. The van der Waals surface area contributed by atoms with E-state index in [-0.39, 0.29) is 41.7 Å². The van der Waals surface area contributed by atoms with Gasteiger partial charge in [-0.05, 0) is 69.9 Å². The topological polar surface area (TPSA) is 330 Å². The number of ether oxygens (including phenoxy) is 8. The number of esters is 4. The van der Waals surface area contributed by atoms with E-state index in [0.717, 1.165) is 6.92 Å². The average Bonchev–Trinajstić information content (AvgIpc) is 3.34. The second kappa shape index (κ2) is 21.9. The summed E-state index contributed by atoms with van der Waals surface area (Å²) >= 11 is 0. The molecule has 75 heavy (non-hydrogen) atoms. The molecular formula is C53H69NO21. The number of aliphatic hydroxyl groups excluding tert-OH is 6. The Morgan fingerprint density at radius 2 is 1.53 bits per heavy atom. The third kappa shape index (κ3) is 10.8. The predicted molar refractivity (Wildman–Crippen MR) is 256 cm³/mol. The number of fused-ring (bicyclic) bond motifs is 5. The van der Waals surface area contributed by atoms with Gasteiger partial charge in [0, 0.05) is 31.6 Å². The molecular weight excluding hydrogens is 987 g/mol. The number of Topliss-reactive ketones (excluding diaryl/α,β-unsaturated/α-hetero) is 1. The van der Waals surface area contributed by atoms with Gasteiger partial charge in [-0.1, -0.05) is 62.4 Å². The van der Waals surface area contributed by atoms with Gasteiger partial charge in [0.2, 0.25) is 0 Å². The van der Waals surface area contributed by atoms with Crippen molar-refractivity contribution in [1.82, 2.24) is 5.32 Å². The first kappa shape index (κ1) is 57.3. The van der Waals surface area contributed by atoms with Crippen LogP contribution in [0.4, 0.5) is 4.79 Å². The molecule has 22 nitrogen and oxygen atoms in total. The van der Waals surface area contributed by atoms with E-state index >= 15 is 4.79 Å². The van der Waals surface area contributed by atoms with Crippen molar-refractivity contribution < 1.29 is 102 Å². The third-order valence-electron chi connectivity index (χ3n) is 15.5. The molecule has 5 aliphatic rings. The Labute approximate surface area is 433 Å². The van der Waals surface area contributed by atoms with Crippen LogP contribution in [0.3, 0.4) is 0 Å². The summed E-state index contributed by atoms with van der Waals surface area (Å²) in [5, 5.41) is 81.2. The first-order valence-corrected chi connectivity index (χ1v) is 24.9. The van der Waals surface area contributed by atoms with Crippen molar-refractivity contribution >= 4 is 35.8 Å². The molecule has 1 unspecified atom stereocenters. The van der Waals surface area contributed by atoms with Crippen molar-refractivity contribution in [3.63, 3.8) is 0 Å². The van der Waals surface area contributed by atoms with E-state index in [0.29, 0.717) is 0 Å². The fourth-order valence-electron chi connectivity index (χ4n) is 11.4. The molecule has 2 aromatic carbocycles. The van der Waals surface area contributed by atoms with Gasteiger partial charge in [0.1, 0.15) is 53.9 Å².